The van der Waals surface area contributed by atoms with E-state index in [0.717, 1.165) is 16.5 Å². The van der Waals surface area contributed by atoms with E-state index < -0.39 is 33.6 Å². The maximum absolute atomic E-state index is 12.0. The molecule has 3 aromatic rings. The summed E-state index contributed by atoms with van der Waals surface area (Å²) in [6.45, 7) is 12.6. The summed E-state index contributed by atoms with van der Waals surface area (Å²) in [6, 6.07) is 7.72. The number of esters is 3. The van der Waals surface area contributed by atoms with E-state index in [2.05, 4.69) is 0 Å². The van der Waals surface area contributed by atoms with E-state index >= 15 is 0 Å². The zero-order valence-electron chi connectivity index (χ0n) is 30.1. The largest absolute Gasteiger partial charge is 0.508 e. The molecule has 4 N–H and O–H groups in total. The molecule has 0 radical (unpaired) electrons. The van der Waals surface area contributed by atoms with E-state index in [1.54, 1.807) is 46.8 Å². The minimum atomic E-state index is -3.67. The van der Waals surface area contributed by atoms with E-state index in [1.807, 2.05) is 6.92 Å². The number of aryl methyl sites for hydroxylation is 3. The highest BCUT2D eigenvalue weighted by atomic mass is 32.2. The Balaban J connectivity index is 0.000000732. The van der Waals surface area contributed by atoms with Gasteiger partial charge in [0.25, 0.3) is 10.1 Å². The van der Waals surface area contributed by atoms with Gasteiger partial charge in [-0.25, -0.2) is 4.79 Å². The quantitative estimate of drug-likeness (QED) is 0.0689. The topological polar surface area (TPSA) is 241 Å². The minimum Gasteiger partial charge on any atom is -0.508 e. The summed E-state index contributed by atoms with van der Waals surface area (Å²) < 4.78 is 45.4. The second-order valence-electron chi connectivity index (χ2n) is 10.9. The maximum Gasteiger partial charge on any atom is 0.339 e. The Hall–Kier alpha value is -4.96. The molecule has 284 valence electrons. The van der Waals surface area contributed by atoms with Gasteiger partial charge in [-0.1, -0.05) is 6.07 Å². The molecule has 3 rings (SSSR count). The van der Waals surface area contributed by atoms with E-state index in [1.165, 1.54) is 25.1 Å². The fraction of sp³-hybridized carbons (Fsp3) is 0.457. The van der Waals surface area contributed by atoms with Gasteiger partial charge < -0.3 is 33.9 Å². The molecule has 2 aromatic carbocycles. The van der Waals surface area contributed by atoms with Gasteiger partial charge in [0, 0.05) is 35.9 Å². The van der Waals surface area contributed by atoms with Gasteiger partial charge in [-0.05, 0) is 90.1 Å². The molecule has 0 aliphatic carbocycles. The Kier molecular flexibility index (Phi) is 20.5. The predicted octanol–water partition coefficient (Wildman–Crippen LogP) is 4.62. The van der Waals surface area contributed by atoms with Gasteiger partial charge in [-0.2, -0.15) is 8.42 Å². The van der Waals surface area contributed by atoms with Crippen molar-refractivity contribution in [1.82, 2.24) is 0 Å². The second-order valence-corrected chi connectivity index (χ2v) is 12.4. The van der Waals surface area contributed by atoms with Crippen molar-refractivity contribution in [3.63, 3.8) is 0 Å². The molecule has 16 heteroatoms. The first-order valence-corrected chi connectivity index (χ1v) is 17.7. The van der Waals surface area contributed by atoms with Crippen LogP contribution in [-0.2, 0) is 49.9 Å². The van der Waals surface area contributed by atoms with Crippen LogP contribution in [0.3, 0.4) is 0 Å². The third kappa shape index (κ3) is 18.6. The lowest BCUT2D eigenvalue weighted by atomic mass is 9.99. The maximum atomic E-state index is 12.0. The number of Topliss-reactive ketones (excluding diaryl/α,β-unsaturated/α-hetero) is 1. The average molecular weight is 741 g/mol. The number of hydrogen-bond donors (Lipinski definition) is 4. The lowest BCUT2D eigenvalue weighted by Crippen LogP contribution is -2.25. The summed E-state index contributed by atoms with van der Waals surface area (Å²) in [5.74, 6) is -2.14. The van der Waals surface area contributed by atoms with E-state index in [0.29, 0.717) is 36.2 Å². The fourth-order valence-electron chi connectivity index (χ4n) is 4.10. The number of phenols is 3. The van der Waals surface area contributed by atoms with Crippen LogP contribution in [0, 0.1) is 26.7 Å². The minimum absolute atomic E-state index is 0.0525. The summed E-state index contributed by atoms with van der Waals surface area (Å²) in [4.78, 5) is 57.0. The van der Waals surface area contributed by atoms with Gasteiger partial charge in [0.05, 0.1) is 26.1 Å². The van der Waals surface area contributed by atoms with Crippen LogP contribution in [0.25, 0.3) is 11.0 Å². The molecule has 0 spiro atoms. The molecular formula is C35H48O15S. The van der Waals surface area contributed by atoms with Crippen molar-refractivity contribution in [2.75, 3.05) is 26.1 Å². The van der Waals surface area contributed by atoms with Crippen molar-refractivity contribution >= 4 is 44.8 Å². The number of hydrogen-bond acceptors (Lipinski definition) is 14. The molecule has 0 saturated heterocycles. The number of rotatable bonds is 11. The highest BCUT2D eigenvalue weighted by Gasteiger charge is 2.25. The third-order valence-electron chi connectivity index (χ3n) is 6.69. The first-order valence-electron chi connectivity index (χ1n) is 15.8. The van der Waals surface area contributed by atoms with Gasteiger partial charge in [0.15, 0.2) is 0 Å². The third-order valence-corrected chi connectivity index (χ3v) is 6.69. The van der Waals surface area contributed by atoms with Crippen LogP contribution in [-0.4, -0.2) is 78.1 Å². The molecular weight excluding hydrogens is 692 g/mol. The SMILES string of the molecule is CCOC(=O)CCC(C(C)=O)C(=O)OCC.CCOC(=O)CCc1c(C)c2cc(C)c(O)cc2oc1=O.CS(=O)(=O)O.Cc1ccc(O)cc1O. The number of aromatic hydroxyl groups is 3. The van der Waals surface area contributed by atoms with Crippen LogP contribution < -0.4 is 5.63 Å². The number of ketones is 1. The molecule has 0 bridgehead atoms. The predicted molar refractivity (Wildman–Crippen MR) is 187 cm³/mol. The zero-order chi connectivity index (χ0) is 39.5. The number of benzene rings is 2. The average Bonchev–Trinajstić information content (AvgIpc) is 3.00. The fourth-order valence-corrected chi connectivity index (χ4v) is 4.10. The summed E-state index contributed by atoms with van der Waals surface area (Å²) in [5.41, 5.74) is 2.59. The zero-order valence-corrected chi connectivity index (χ0v) is 30.9. The van der Waals surface area contributed by atoms with Gasteiger partial charge in [0.2, 0.25) is 0 Å². The Bertz CT molecular complexity index is 1780. The molecule has 1 heterocycles. The lowest BCUT2D eigenvalue weighted by Gasteiger charge is -2.11. The normalized spacial score (nSPS) is 10.9. The molecule has 1 aromatic heterocycles. The highest BCUT2D eigenvalue weighted by Crippen LogP contribution is 2.27. The van der Waals surface area contributed by atoms with Gasteiger partial charge >= 0.3 is 23.5 Å². The van der Waals surface area contributed by atoms with Gasteiger partial charge in [0.1, 0.15) is 34.5 Å². The van der Waals surface area contributed by atoms with Crippen LogP contribution in [0.1, 0.15) is 69.2 Å². The summed E-state index contributed by atoms with van der Waals surface area (Å²) in [5, 5.41) is 28.2. The smallest absolute Gasteiger partial charge is 0.339 e. The Morgan fingerprint density at radius 1 is 0.804 bits per heavy atom. The van der Waals surface area contributed by atoms with Crippen molar-refractivity contribution in [3.8, 4) is 17.2 Å². The second kappa shape index (κ2) is 22.7. The molecule has 0 aliphatic heterocycles. The first-order chi connectivity index (χ1) is 23.7. The number of phenolic OH excluding ortho intramolecular Hbond substituents is 3. The highest BCUT2D eigenvalue weighted by molar-refractivity contribution is 7.85. The van der Waals surface area contributed by atoms with Crippen LogP contribution in [0.15, 0.2) is 39.5 Å². The van der Waals surface area contributed by atoms with Crippen LogP contribution in [0.4, 0.5) is 0 Å². The first kappa shape index (κ1) is 46.0. The molecule has 51 heavy (non-hydrogen) atoms. The van der Waals surface area contributed by atoms with Crippen LogP contribution in [0.2, 0.25) is 0 Å². The van der Waals surface area contributed by atoms with E-state index in [9.17, 15) is 37.5 Å². The standard InChI is InChI=1S/C16H18O5.C11H18O5.C7H8O2.CH4O3S/c1-4-20-15(18)6-5-11-10(3)12-7-9(2)13(17)8-14(12)21-16(11)19;1-4-15-10(13)7-6-9(8(3)12)11(14)16-5-2;1-5-2-3-6(8)4-7(5)9;1-5(2,3)4/h7-8,17H,4-6H2,1-3H3;9H,4-7H2,1-3H3;2-4,8-9H,1H3;1H3,(H,2,3,4). The molecule has 1 unspecified atom stereocenters. The summed E-state index contributed by atoms with van der Waals surface area (Å²) in [7, 11) is -3.67. The number of fused-ring (bicyclic) bond motifs is 1. The monoisotopic (exact) mass is 740 g/mol. The number of carbonyl (C=O) groups is 4. The van der Waals surface area contributed by atoms with Crippen molar-refractivity contribution in [2.45, 2.75) is 74.1 Å². The molecule has 0 aliphatic rings. The Morgan fingerprint density at radius 2 is 1.31 bits per heavy atom. The molecule has 1 atom stereocenters. The Labute approximate surface area is 296 Å². The van der Waals surface area contributed by atoms with Crippen molar-refractivity contribution in [1.29, 1.82) is 0 Å². The Morgan fingerprint density at radius 3 is 1.78 bits per heavy atom. The van der Waals surface area contributed by atoms with Crippen molar-refractivity contribution in [2.24, 2.45) is 5.92 Å². The summed E-state index contributed by atoms with van der Waals surface area (Å²) in [6.07, 6.45) is 1.34. The molecule has 15 nitrogen and oxygen atoms in total. The summed E-state index contributed by atoms with van der Waals surface area (Å²) >= 11 is 0. The molecule has 0 amide bonds. The van der Waals surface area contributed by atoms with E-state index in [4.69, 9.17) is 33.4 Å². The van der Waals surface area contributed by atoms with Gasteiger partial charge in [-0.3, -0.25) is 23.7 Å². The van der Waals surface area contributed by atoms with Crippen LogP contribution in [0.5, 0.6) is 17.2 Å². The number of carbonyl (C=O) groups excluding carboxylic acids is 4. The number of ether oxygens (including phenoxy) is 3. The van der Waals surface area contributed by atoms with Crippen LogP contribution >= 0.6 is 0 Å². The molecule has 0 fully saturated rings. The van der Waals surface area contributed by atoms with Crippen molar-refractivity contribution < 1.29 is 66.1 Å². The molecule has 0 saturated carbocycles. The van der Waals surface area contributed by atoms with Crippen molar-refractivity contribution in [3.05, 3.63) is 63.0 Å². The lowest BCUT2D eigenvalue weighted by molar-refractivity contribution is -0.152. The van der Waals surface area contributed by atoms with Gasteiger partial charge in [-0.15, -0.1) is 0 Å². The van der Waals surface area contributed by atoms with E-state index in [-0.39, 0.29) is 61.3 Å².